The predicted molar refractivity (Wildman–Crippen MR) is 115 cm³/mol. The maximum Gasteiger partial charge on any atom is 0.392 e. The Labute approximate surface area is 195 Å². The second kappa shape index (κ2) is 8.75. The van der Waals surface area contributed by atoms with Gasteiger partial charge in [-0.15, -0.1) is 0 Å². The van der Waals surface area contributed by atoms with E-state index in [1.165, 1.54) is 21.3 Å². The summed E-state index contributed by atoms with van der Waals surface area (Å²) >= 11 is 0. The maximum atomic E-state index is 13.4. The van der Waals surface area contributed by atoms with Gasteiger partial charge in [0.1, 0.15) is 22.9 Å². The summed E-state index contributed by atoms with van der Waals surface area (Å²) < 4.78 is 68.8. The van der Waals surface area contributed by atoms with Crippen LogP contribution in [0.25, 0.3) is 17.0 Å². The summed E-state index contributed by atoms with van der Waals surface area (Å²) in [7, 11) is 0. The van der Waals surface area contributed by atoms with Crippen LogP contribution in [0.2, 0.25) is 0 Å². The van der Waals surface area contributed by atoms with Crippen molar-refractivity contribution in [1.29, 1.82) is 0 Å². The van der Waals surface area contributed by atoms with Crippen molar-refractivity contribution in [2.75, 3.05) is 0 Å². The SMILES string of the molecule is O=C(NCc1ccc(-c2nc3n(n2)CC[C@@H](C(F)(F)F)C3)cc1)c1c(C(F)F)nc2ccccn12. The predicted octanol–water partition coefficient (Wildman–Crippen LogP) is 4.59. The number of imidazole rings is 1. The number of fused-ring (bicyclic) bond motifs is 2. The van der Waals surface area contributed by atoms with E-state index in [-0.39, 0.29) is 37.3 Å². The minimum atomic E-state index is -4.26. The Kier molecular flexibility index (Phi) is 5.73. The molecule has 7 nitrogen and oxygen atoms in total. The van der Waals surface area contributed by atoms with Crippen molar-refractivity contribution in [3.05, 3.63) is 71.4 Å². The number of carbonyl (C=O) groups is 1. The van der Waals surface area contributed by atoms with E-state index in [9.17, 15) is 26.7 Å². The summed E-state index contributed by atoms with van der Waals surface area (Å²) in [6.45, 7) is 0.225. The molecular formula is C23H19F5N6O. The summed E-state index contributed by atoms with van der Waals surface area (Å²) in [5.74, 6) is -1.49. The van der Waals surface area contributed by atoms with Gasteiger partial charge in [0.2, 0.25) is 0 Å². The van der Waals surface area contributed by atoms with Gasteiger partial charge in [0, 0.05) is 31.3 Å². The van der Waals surface area contributed by atoms with Crippen molar-refractivity contribution in [1.82, 2.24) is 29.5 Å². The van der Waals surface area contributed by atoms with E-state index in [4.69, 9.17) is 0 Å². The first-order valence-corrected chi connectivity index (χ1v) is 10.8. The van der Waals surface area contributed by atoms with Gasteiger partial charge in [-0.3, -0.25) is 9.20 Å². The molecule has 1 aliphatic heterocycles. The highest BCUT2D eigenvalue weighted by Crippen LogP contribution is 2.35. The topological polar surface area (TPSA) is 77.1 Å². The molecule has 0 fully saturated rings. The lowest BCUT2D eigenvalue weighted by molar-refractivity contribution is -0.179. The zero-order valence-corrected chi connectivity index (χ0v) is 18.1. The van der Waals surface area contributed by atoms with Crippen LogP contribution >= 0.6 is 0 Å². The van der Waals surface area contributed by atoms with Gasteiger partial charge in [0.25, 0.3) is 12.3 Å². The fourth-order valence-corrected chi connectivity index (χ4v) is 4.14. The molecule has 0 radical (unpaired) electrons. The summed E-state index contributed by atoms with van der Waals surface area (Å²) in [6.07, 6.45) is -5.91. The Morgan fingerprint density at radius 2 is 1.89 bits per heavy atom. The molecule has 1 aromatic carbocycles. The number of carbonyl (C=O) groups excluding carboxylic acids is 1. The van der Waals surface area contributed by atoms with Crippen LogP contribution in [0.15, 0.2) is 48.7 Å². The van der Waals surface area contributed by atoms with Crippen molar-refractivity contribution in [3.8, 4) is 11.4 Å². The van der Waals surface area contributed by atoms with Crippen LogP contribution in [0.3, 0.4) is 0 Å². The molecule has 0 saturated heterocycles. The Morgan fingerprint density at radius 1 is 1.11 bits per heavy atom. The second-order valence-corrected chi connectivity index (χ2v) is 8.26. The summed E-state index contributed by atoms with van der Waals surface area (Å²) in [5, 5.41) is 6.95. The zero-order valence-electron chi connectivity index (χ0n) is 18.1. The van der Waals surface area contributed by atoms with Gasteiger partial charge >= 0.3 is 6.18 Å². The van der Waals surface area contributed by atoms with Gasteiger partial charge in [0.15, 0.2) is 5.82 Å². The highest BCUT2D eigenvalue weighted by Gasteiger charge is 2.42. The normalized spacial score (nSPS) is 16.0. The first kappa shape index (κ1) is 22.9. The standard InChI is InChI=1S/C23H19F5N6O/c24-20(25)18-19(33-9-2-1-3-16(33)30-18)22(35)29-12-13-4-6-14(7-5-13)21-31-17-11-15(23(26,27)28)8-10-34(17)32-21/h1-7,9,15,20H,8,10-12H2,(H,29,35)/t15-/m1/s1. The molecular weight excluding hydrogens is 471 g/mol. The first-order chi connectivity index (χ1) is 16.7. The molecule has 4 aromatic rings. The number of hydrogen-bond acceptors (Lipinski definition) is 4. The second-order valence-electron chi connectivity index (χ2n) is 8.26. The lowest BCUT2D eigenvalue weighted by Crippen LogP contribution is -2.31. The van der Waals surface area contributed by atoms with E-state index in [1.54, 1.807) is 36.4 Å². The van der Waals surface area contributed by atoms with Crippen LogP contribution in [-0.2, 0) is 19.5 Å². The minimum Gasteiger partial charge on any atom is -0.347 e. The average Bonchev–Trinajstić information content (AvgIpc) is 3.44. The van der Waals surface area contributed by atoms with Crippen LogP contribution in [0.5, 0.6) is 0 Å². The van der Waals surface area contributed by atoms with Crippen LogP contribution in [0.4, 0.5) is 22.0 Å². The van der Waals surface area contributed by atoms with Crippen LogP contribution in [0, 0.1) is 5.92 Å². The Bertz CT molecular complexity index is 1380. The van der Waals surface area contributed by atoms with E-state index < -0.39 is 30.1 Å². The Morgan fingerprint density at radius 3 is 2.60 bits per heavy atom. The summed E-state index contributed by atoms with van der Waals surface area (Å²) in [4.78, 5) is 20.8. The maximum absolute atomic E-state index is 13.4. The largest absolute Gasteiger partial charge is 0.392 e. The van der Waals surface area contributed by atoms with E-state index >= 15 is 0 Å². The van der Waals surface area contributed by atoms with Crippen molar-refractivity contribution in [3.63, 3.8) is 0 Å². The number of aryl methyl sites for hydroxylation is 1. The number of rotatable bonds is 5. The van der Waals surface area contributed by atoms with Gasteiger partial charge in [-0.2, -0.15) is 18.3 Å². The monoisotopic (exact) mass is 490 g/mol. The molecule has 0 aliphatic carbocycles. The van der Waals surface area contributed by atoms with E-state index in [2.05, 4.69) is 20.4 Å². The number of nitrogens with one attached hydrogen (secondary N) is 1. The fraction of sp³-hybridized carbons (Fsp3) is 0.304. The van der Waals surface area contributed by atoms with Crippen LogP contribution < -0.4 is 5.32 Å². The zero-order chi connectivity index (χ0) is 24.7. The third kappa shape index (κ3) is 4.47. The van der Waals surface area contributed by atoms with Crippen LogP contribution in [0.1, 0.15) is 40.4 Å². The third-order valence-corrected chi connectivity index (χ3v) is 5.97. The Hall–Kier alpha value is -3.83. The Balaban J connectivity index is 1.28. The molecule has 0 spiro atoms. The fourth-order valence-electron chi connectivity index (χ4n) is 4.14. The van der Waals surface area contributed by atoms with Gasteiger partial charge in [-0.25, -0.2) is 23.4 Å². The molecule has 4 heterocycles. The molecule has 1 aliphatic rings. The van der Waals surface area contributed by atoms with E-state index in [1.807, 2.05) is 0 Å². The number of benzene rings is 1. The van der Waals surface area contributed by atoms with Gasteiger partial charge in [-0.05, 0) is 24.1 Å². The number of alkyl halides is 5. The van der Waals surface area contributed by atoms with Crippen LogP contribution in [-0.4, -0.2) is 36.2 Å². The smallest absolute Gasteiger partial charge is 0.347 e. The van der Waals surface area contributed by atoms with Crippen molar-refractivity contribution in [2.24, 2.45) is 5.92 Å². The van der Waals surface area contributed by atoms with E-state index in [0.29, 0.717) is 22.8 Å². The molecule has 0 saturated carbocycles. The molecule has 12 heteroatoms. The molecule has 1 atom stereocenters. The number of pyridine rings is 1. The third-order valence-electron chi connectivity index (χ3n) is 5.97. The number of amides is 1. The highest BCUT2D eigenvalue weighted by atomic mass is 19.4. The lowest BCUT2D eigenvalue weighted by Gasteiger charge is -2.24. The molecule has 1 amide bonds. The van der Waals surface area contributed by atoms with Gasteiger partial charge in [-0.1, -0.05) is 30.3 Å². The molecule has 0 bridgehead atoms. The minimum absolute atomic E-state index is 0.0301. The van der Waals surface area contributed by atoms with Gasteiger partial charge < -0.3 is 5.32 Å². The number of halogens is 5. The number of hydrogen-bond donors (Lipinski definition) is 1. The summed E-state index contributed by atoms with van der Waals surface area (Å²) in [6, 6.07) is 11.6. The number of aromatic nitrogens is 5. The number of nitrogens with zero attached hydrogens (tertiary/aromatic N) is 5. The molecule has 0 unspecified atom stereocenters. The van der Waals surface area contributed by atoms with E-state index in [0.717, 1.165) is 0 Å². The molecule has 3 aromatic heterocycles. The summed E-state index contributed by atoms with van der Waals surface area (Å²) in [5.41, 5.74) is 0.737. The molecule has 5 rings (SSSR count). The molecule has 35 heavy (non-hydrogen) atoms. The molecule has 1 N–H and O–H groups in total. The quantitative estimate of drug-likeness (QED) is 0.416. The first-order valence-electron chi connectivity index (χ1n) is 10.8. The van der Waals surface area contributed by atoms with Crippen molar-refractivity contribution >= 4 is 11.6 Å². The average molecular weight is 490 g/mol. The van der Waals surface area contributed by atoms with Gasteiger partial charge in [0.05, 0.1) is 5.92 Å². The molecule has 182 valence electrons. The lowest BCUT2D eigenvalue weighted by atomic mass is 9.98. The van der Waals surface area contributed by atoms with Crippen molar-refractivity contribution in [2.45, 2.75) is 38.5 Å². The van der Waals surface area contributed by atoms with Crippen molar-refractivity contribution < 1.29 is 26.7 Å². The highest BCUT2D eigenvalue weighted by molar-refractivity contribution is 5.94.